The molecule has 2 aromatic rings. The minimum atomic E-state index is -1.03. The standard InChI is InChI=1S/C13H16N4O2/c1-9(2)12-11(13(18)19)15-16-17(12)8-6-10-5-3-4-7-14-10/h3-5,7,9H,6,8H2,1-2H3,(H,18,19). The number of carboxylic acid groups (broad SMARTS) is 1. The molecule has 0 aliphatic rings. The van der Waals surface area contributed by atoms with E-state index in [4.69, 9.17) is 5.11 Å². The summed E-state index contributed by atoms with van der Waals surface area (Å²) >= 11 is 0. The highest BCUT2D eigenvalue weighted by molar-refractivity contribution is 5.86. The van der Waals surface area contributed by atoms with Crippen LogP contribution in [-0.2, 0) is 13.0 Å². The Kier molecular flexibility index (Phi) is 3.89. The van der Waals surface area contributed by atoms with Crippen molar-refractivity contribution in [2.75, 3.05) is 0 Å². The first-order chi connectivity index (χ1) is 9.09. The maximum Gasteiger partial charge on any atom is 0.358 e. The van der Waals surface area contributed by atoms with E-state index in [0.29, 0.717) is 18.7 Å². The number of hydrogen-bond acceptors (Lipinski definition) is 4. The number of hydrogen-bond donors (Lipinski definition) is 1. The summed E-state index contributed by atoms with van der Waals surface area (Å²) in [5.41, 5.74) is 1.64. The molecule has 2 heterocycles. The lowest BCUT2D eigenvalue weighted by molar-refractivity contribution is 0.0688. The third-order valence-electron chi connectivity index (χ3n) is 2.83. The SMILES string of the molecule is CC(C)c1c(C(=O)O)nnn1CCc1ccccn1. The fraction of sp³-hybridized carbons (Fsp3) is 0.385. The Morgan fingerprint density at radius 3 is 2.79 bits per heavy atom. The number of nitrogens with zero attached hydrogens (tertiary/aromatic N) is 4. The second-order valence-electron chi connectivity index (χ2n) is 4.58. The molecule has 19 heavy (non-hydrogen) atoms. The second-order valence-corrected chi connectivity index (χ2v) is 4.58. The molecule has 0 spiro atoms. The second kappa shape index (κ2) is 5.60. The molecule has 2 rings (SSSR count). The largest absolute Gasteiger partial charge is 0.476 e. The van der Waals surface area contributed by atoms with Gasteiger partial charge < -0.3 is 5.11 Å². The van der Waals surface area contributed by atoms with E-state index in [9.17, 15) is 4.79 Å². The van der Waals surface area contributed by atoms with Crippen LogP contribution in [0, 0.1) is 0 Å². The van der Waals surface area contributed by atoms with Gasteiger partial charge in [-0.25, -0.2) is 9.48 Å². The van der Waals surface area contributed by atoms with Crippen molar-refractivity contribution in [1.82, 2.24) is 20.0 Å². The number of aryl methyl sites for hydroxylation is 2. The molecule has 2 aromatic heterocycles. The quantitative estimate of drug-likeness (QED) is 0.885. The Morgan fingerprint density at radius 2 is 2.21 bits per heavy atom. The average molecular weight is 260 g/mol. The Balaban J connectivity index is 2.19. The Bertz CT molecular complexity index is 563. The maximum absolute atomic E-state index is 11.1. The van der Waals surface area contributed by atoms with Crippen molar-refractivity contribution in [2.24, 2.45) is 0 Å². The molecule has 6 heteroatoms. The number of pyridine rings is 1. The third-order valence-corrected chi connectivity index (χ3v) is 2.83. The Labute approximate surface area is 111 Å². The summed E-state index contributed by atoms with van der Waals surface area (Å²) in [5.74, 6) is -0.974. The highest BCUT2D eigenvalue weighted by atomic mass is 16.4. The summed E-state index contributed by atoms with van der Waals surface area (Å²) in [4.78, 5) is 15.3. The number of carbonyl (C=O) groups is 1. The van der Waals surface area contributed by atoms with Crippen LogP contribution in [-0.4, -0.2) is 31.1 Å². The smallest absolute Gasteiger partial charge is 0.358 e. The van der Waals surface area contributed by atoms with Crippen molar-refractivity contribution >= 4 is 5.97 Å². The third kappa shape index (κ3) is 2.96. The van der Waals surface area contributed by atoms with Crippen molar-refractivity contribution in [3.8, 4) is 0 Å². The van der Waals surface area contributed by atoms with Gasteiger partial charge in [-0.3, -0.25) is 4.98 Å². The van der Waals surface area contributed by atoms with Gasteiger partial charge in [-0.15, -0.1) is 5.10 Å². The molecule has 1 N–H and O–H groups in total. The number of rotatable bonds is 5. The lowest BCUT2D eigenvalue weighted by Crippen LogP contribution is -2.11. The first-order valence-corrected chi connectivity index (χ1v) is 6.16. The normalized spacial score (nSPS) is 10.9. The van der Waals surface area contributed by atoms with Gasteiger partial charge in [0.1, 0.15) is 0 Å². The zero-order valence-corrected chi connectivity index (χ0v) is 10.9. The molecule has 0 aliphatic carbocycles. The average Bonchev–Trinajstić information content (AvgIpc) is 2.81. The molecule has 0 aliphatic heterocycles. The molecule has 0 atom stereocenters. The van der Waals surface area contributed by atoms with E-state index in [-0.39, 0.29) is 11.6 Å². The van der Waals surface area contributed by atoms with Crippen molar-refractivity contribution in [2.45, 2.75) is 32.7 Å². The molecule has 0 radical (unpaired) electrons. The molecule has 0 saturated carbocycles. The molecule has 0 fully saturated rings. The van der Waals surface area contributed by atoms with E-state index in [1.807, 2.05) is 32.0 Å². The summed E-state index contributed by atoms with van der Waals surface area (Å²) in [6.07, 6.45) is 2.44. The monoisotopic (exact) mass is 260 g/mol. The Morgan fingerprint density at radius 1 is 1.42 bits per heavy atom. The van der Waals surface area contributed by atoms with E-state index >= 15 is 0 Å². The summed E-state index contributed by atoms with van der Waals surface area (Å²) < 4.78 is 1.66. The molecule has 0 unspecified atom stereocenters. The van der Waals surface area contributed by atoms with Crippen LogP contribution in [0.5, 0.6) is 0 Å². The predicted octanol–water partition coefficient (Wildman–Crippen LogP) is 1.74. The van der Waals surface area contributed by atoms with E-state index in [1.165, 1.54) is 0 Å². The van der Waals surface area contributed by atoms with Gasteiger partial charge in [0, 0.05) is 24.9 Å². The van der Waals surface area contributed by atoms with Crippen LogP contribution in [0.3, 0.4) is 0 Å². The van der Waals surface area contributed by atoms with Crippen LogP contribution < -0.4 is 0 Å². The topological polar surface area (TPSA) is 80.9 Å². The number of aromatic nitrogens is 4. The molecule has 6 nitrogen and oxygen atoms in total. The maximum atomic E-state index is 11.1. The van der Waals surface area contributed by atoms with E-state index in [1.54, 1.807) is 10.9 Å². The van der Waals surface area contributed by atoms with Crippen molar-refractivity contribution in [3.05, 3.63) is 41.5 Å². The first kappa shape index (κ1) is 13.2. The van der Waals surface area contributed by atoms with Gasteiger partial charge in [0.25, 0.3) is 0 Å². The van der Waals surface area contributed by atoms with Gasteiger partial charge in [0.2, 0.25) is 0 Å². The van der Waals surface area contributed by atoms with E-state index in [2.05, 4.69) is 15.3 Å². The number of carboxylic acids is 1. The lowest BCUT2D eigenvalue weighted by Gasteiger charge is -2.09. The predicted molar refractivity (Wildman–Crippen MR) is 69.0 cm³/mol. The molecular weight excluding hydrogens is 244 g/mol. The zero-order chi connectivity index (χ0) is 13.8. The fourth-order valence-electron chi connectivity index (χ4n) is 1.98. The van der Waals surface area contributed by atoms with Gasteiger partial charge in [-0.05, 0) is 18.1 Å². The molecule has 100 valence electrons. The van der Waals surface area contributed by atoms with Crippen molar-refractivity contribution in [3.63, 3.8) is 0 Å². The van der Waals surface area contributed by atoms with Gasteiger partial charge in [-0.1, -0.05) is 25.1 Å². The lowest BCUT2D eigenvalue weighted by atomic mass is 10.1. The highest BCUT2D eigenvalue weighted by Crippen LogP contribution is 2.17. The summed E-state index contributed by atoms with van der Waals surface area (Å²) in [5, 5.41) is 16.8. The number of aromatic carboxylic acids is 1. The van der Waals surface area contributed by atoms with Crippen LogP contribution in [0.1, 0.15) is 41.6 Å². The molecule has 0 bridgehead atoms. The van der Waals surface area contributed by atoms with Crippen molar-refractivity contribution < 1.29 is 9.90 Å². The summed E-state index contributed by atoms with van der Waals surface area (Å²) in [6.45, 7) is 4.44. The van der Waals surface area contributed by atoms with Gasteiger partial charge in [0.15, 0.2) is 5.69 Å². The zero-order valence-electron chi connectivity index (χ0n) is 10.9. The van der Waals surface area contributed by atoms with Crippen LogP contribution in [0.4, 0.5) is 0 Å². The molecule has 0 saturated heterocycles. The molecule has 0 aromatic carbocycles. The minimum absolute atomic E-state index is 0.0380. The summed E-state index contributed by atoms with van der Waals surface area (Å²) in [7, 11) is 0. The Hall–Kier alpha value is -2.24. The minimum Gasteiger partial charge on any atom is -0.476 e. The molecule has 0 amide bonds. The van der Waals surface area contributed by atoms with E-state index in [0.717, 1.165) is 5.69 Å². The summed E-state index contributed by atoms with van der Waals surface area (Å²) in [6, 6.07) is 5.72. The first-order valence-electron chi connectivity index (χ1n) is 6.16. The van der Waals surface area contributed by atoms with E-state index < -0.39 is 5.97 Å². The van der Waals surface area contributed by atoms with Crippen LogP contribution >= 0.6 is 0 Å². The molecular formula is C13H16N4O2. The van der Waals surface area contributed by atoms with Crippen LogP contribution in [0.2, 0.25) is 0 Å². The highest BCUT2D eigenvalue weighted by Gasteiger charge is 2.21. The van der Waals surface area contributed by atoms with Gasteiger partial charge in [0.05, 0.1) is 5.69 Å². The van der Waals surface area contributed by atoms with Crippen LogP contribution in [0.25, 0.3) is 0 Å². The van der Waals surface area contributed by atoms with Crippen LogP contribution in [0.15, 0.2) is 24.4 Å². The van der Waals surface area contributed by atoms with Gasteiger partial charge in [-0.2, -0.15) is 0 Å². The van der Waals surface area contributed by atoms with Gasteiger partial charge >= 0.3 is 5.97 Å². The fourth-order valence-corrected chi connectivity index (χ4v) is 1.98. The van der Waals surface area contributed by atoms with Crippen molar-refractivity contribution in [1.29, 1.82) is 0 Å².